The van der Waals surface area contributed by atoms with Crippen LogP contribution < -0.4 is 0 Å². The van der Waals surface area contributed by atoms with Crippen molar-refractivity contribution in [3.63, 3.8) is 0 Å². The fourth-order valence-electron chi connectivity index (χ4n) is 3.40. The van der Waals surface area contributed by atoms with Crippen LogP contribution in [0, 0.1) is 11.8 Å². The Morgan fingerprint density at radius 1 is 1.35 bits per heavy atom. The zero-order valence-electron chi connectivity index (χ0n) is 11.0. The first-order valence-corrected chi connectivity index (χ1v) is 7.17. The quantitative estimate of drug-likeness (QED) is 0.798. The molecule has 2 unspecified atom stereocenters. The van der Waals surface area contributed by atoms with Gasteiger partial charge in [0.2, 0.25) is 0 Å². The fourth-order valence-corrected chi connectivity index (χ4v) is 3.65. The smallest absolute Gasteiger partial charge is 0.339 e. The minimum absolute atomic E-state index is 0.400. The number of rotatable bonds is 2. The van der Waals surface area contributed by atoms with E-state index in [0.29, 0.717) is 22.2 Å². The van der Waals surface area contributed by atoms with Crippen LogP contribution in [-0.2, 0) is 4.74 Å². The number of halogens is 1. The monoisotopic (exact) mass is 291 g/mol. The van der Waals surface area contributed by atoms with Crippen molar-refractivity contribution in [2.75, 3.05) is 7.11 Å². The second-order valence-corrected chi connectivity index (χ2v) is 6.15. The summed E-state index contributed by atoms with van der Waals surface area (Å²) in [6.45, 7) is 0. The summed E-state index contributed by atoms with van der Waals surface area (Å²) in [5, 5.41) is 8.88. The minimum Gasteiger partial charge on any atom is -0.465 e. The number of aromatic nitrogens is 3. The number of pyridine rings is 1. The Morgan fingerprint density at radius 3 is 2.80 bits per heavy atom. The van der Waals surface area contributed by atoms with Gasteiger partial charge in [-0.1, -0.05) is 11.6 Å². The van der Waals surface area contributed by atoms with Gasteiger partial charge < -0.3 is 4.74 Å². The Morgan fingerprint density at radius 2 is 2.10 bits per heavy atom. The molecule has 0 N–H and O–H groups in total. The van der Waals surface area contributed by atoms with Gasteiger partial charge >= 0.3 is 5.97 Å². The van der Waals surface area contributed by atoms with E-state index in [-0.39, 0.29) is 0 Å². The maximum atomic E-state index is 11.7. The molecular weight excluding hydrogens is 278 g/mol. The number of fused-ring (bicyclic) bond motifs is 2. The first-order valence-electron chi connectivity index (χ1n) is 6.80. The van der Waals surface area contributed by atoms with E-state index in [1.165, 1.54) is 26.4 Å². The number of nitrogens with zero attached hydrogens (tertiary/aromatic N) is 3. The molecule has 0 amide bonds. The van der Waals surface area contributed by atoms with Gasteiger partial charge in [0.1, 0.15) is 5.82 Å². The van der Waals surface area contributed by atoms with Crippen LogP contribution in [0.25, 0.3) is 5.65 Å². The van der Waals surface area contributed by atoms with Gasteiger partial charge in [0.05, 0.1) is 17.7 Å². The zero-order chi connectivity index (χ0) is 13.9. The summed E-state index contributed by atoms with van der Waals surface area (Å²) in [5.74, 6) is 2.68. The van der Waals surface area contributed by atoms with Crippen molar-refractivity contribution >= 4 is 23.2 Å². The minimum atomic E-state index is -0.400. The lowest BCUT2D eigenvalue weighted by molar-refractivity contribution is 0.0600. The van der Waals surface area contributed by atoms with E-state index in [2.05, 4.69) is 10.2 Å². The standard InChI is InChI=1S/C14H14ClN3O2/c1-20-14(19)10-5-11(15)13-17-16-12(18(13)6-10)9-3-7-2-8(7)4-9/h5-9H,2-4H2,1H3. The third kappa shape index (κ3) is 1.73. The Hall–Kier alpha value is -1.62. The third-order valence-corrected chi connectivity index (χ3v) is 4.79. The highest BCUT2D eigenvalue weighted by Crippen LogP contribution is 2.57. The number of hydrogen-bond acceptors (Lipinski definition) is 4. The van der Waals surface area contributed by atoms with Crippen LogP contribution in [0.1, 0.15) is 41.4 Å². The van der Waals surface area contributed by atoms with E-state index in [0.717, 1.165) is 17.7 Å². The molecular formula is C14H14ClN3O2. The highest BCUT2D eigenvalue weighted by molar-refractivity contribution is 6.33. The van der Waals surface area contributed by atoms with Crippen LogP contribution in [0.4, 0.5) is 0 Å². The molecule has 2 aromatic heterocycles. The first-order chi connectivity index (χ1) is 9.67. The predicted molar refractivity (Wildman–Crippen MR) is 72.9 cm³/mol. The summed E-state index contributed by atoms with van der Waals surface area (Å²) in [6.07, 6.45) is 5.44. The van der Waals surface area contributed by atoms with E-state index in [1.54, 1.807) is 12.3 Å². The zero-order valence-corrected chi connectivity index (χ0v) is 11.8. The summed E-state index contributed by atoms with van der Waals surface area (Å²) in [4.78, 5) is 11.7. The molecule has 0 saturated heterocycles. The second kappa shape index (κ2) is 4.19. The molecule has 5 nitrogen and oxygen atoms in total. The van der Waals surface area contributed by atoms with Gasteiger partial charge in [-0.15, -0.1) is 10.2 Å². The average Bonchev–Trinajstić information content (AvgIpc) is 2.89. The predicted octanol–water partition coefficient (Wildman–Crippen LogP) is 2.68. The van der Waals surface area contributed by atoms with E-state index < -0.39 is 5.97 Å². The van der Waals surface area contributed by atoms with Crippen LogP contribution >= 0.6 is 11.6 Å². The number of methoxy groups -OCH3 is 1. The molecule has 0 aromatic carbocycles. The molecule has 20 heavy (non-hydrogen) atoms. The largest absolute Gasteiger partial charge is 0.465 e. The van der Waals surface area contributed by atoms with E-state index in [9.17, 15) is 4.79 Å². The number of ether oxygens (including phenoxy) is 1. The van der Waals surface area contributed by atoms with Crippen molar-refractivity contribution in [2.45, 2.75) is 25.2 Å². The molecule has 2 atom stereocenters. The maximum absolute atomic E-state index is 11.7. The number of carbonyl (C=O) groups is 1. The fraction of sp³-hybridized carbons (Fsp3) is 0.500. The van der Waals surface area contributed by atoms with E-state index in [4.69, 9.17) is 16.3 Å². The van der Waals surface area contributed by atoms with Crippen molar-refractivity contribution in [3.05, 3.63) is 28.7 Å². The number of hydrogen-bond donors (Lipinski definition) is 0. The molecule has 0 spiro atoms. The SMILES string of the molecule is COC(=O)c1cc(Cl)c2nnc(C3CC4CC4C3)n2c1. The summed E-state index contributed by atoms with van der Waals surface area (Å²) in [7, 11) is 1.36. The van der Waals surface area contributed by atoms with Crippen molar-refractivity contribution in [1.82, 2.24) is 14.6 Å². The highest BCUT2D eigenvalue weighted by atomic mass is 35.5. The van der Waals surface area contributed by atoms with Crippen molar-refractivity contribution < 1.29 is 9.53 Å². The molecule has 6 heteroatoms. The third-order valence-electron chi connectivity index (χ3n) is 4.52. The molecule has 2 aliphatic carbocycles. The molecule has 104 valence electrons. The Labute approximate surface area is 120 Å². The van der Waals surface area contributed by atoms with Crippen LogP contribution in [-0.4, -0.2) is 27.7 Å². The van der Waals surface area contributed by atoms with Crippen LogP contribution in [0.2, 0.25) is 5.02 Å². The molecule has 2 saturated carbocycles. The molecule has 2 heterocycles. The average molecular weight is 292 g/mol. The second-order valence-electron chi connectivity index (χ2n) is 5.74. The van der Waals surface area contributed by atoms with Gasteiger partial charge in [0, 0.05) is 12.1 Å². The summed E-state index contributed by atoms with van der Waals surface area (Å²) in [6, 6.07) is 1.58. The summed E-state index contributed by atoms with van der Waals surface area (Å²) >= 11 is 6.19. The van der Waals surface area contributed by atoms with Crippen molar-refractivity contribution in [2.24, 2.45) is 11.8 Å². The van der Waals surface area contributed by atoms with Crippen molar-refractivity contribution in [1.29, 1.82) is 0 Å². The van der Waals surface area contributed by atoms with Gasteiger partial charge in [-0.2, -0.15) is 0 Å². The van der Waals surface area contributed by atoms with Gasteiger partial charge in [-0.3, -0.25) is 4.40 Å². The Bertz CT molecular complexity index is 702. The molecule has 0 radical (unpaired) electrons. The van der Waals surface area contributed by atoms with Crippen LogP contribution in [0.5, 0.6) is 0 Å². The topological polar surface area (TPSA) is 56.5 Å². The lowest BCUT2D eigenvalue weighted by Crippen LogP contribution is -2.07. The molecule has 2 aliphatic rings. The molecule has 2 fully saturated rings. The number of carbonyl (C=O) groups excluding carboxylic acids is 1. The van der Waals surface area contributed by atoms with Crippen molar-refractivity contribution in [3.8, 4) is 0 Å². The first kappa shape index (κ1) is 12.1. The van der Waals surface area contributed by atoms with Gasteiger partial charge in [0.25, 0.3) is 0 Å². The van der Waals surface area contributed by atoms with Gasteiger partial charge in [-0.25, -0.2) is 4.79 Å². The van der Waals surface area contributed by atoms with Crippen LogP contribution in [0.15, 0.2) is 12.3 Å². The normalized spacial score (nSPS) is 27.6. The van der Waals surface area contributed by atoms with E-state index in [1.807, 2.05) is 4.40 Å². The van der Waals surface area contributed by atoms with Crippen LogP contribution in [0.3, 0.4) is 0 Å². The molecule has 0 aliphatic heterocycles. The Kier molecular flexibility index (Phi) is 2.54. The molecule has 2 aromatic rings. The molecule has 0 bridgehead atoms. The molecule has 4 rings (SSSR count). The highest BCUT2D eigenvalue weighted by Gasteiger charge is 2.47. The lowest BCUT2D eigenvalue weighted by Gasteiger charge is -2.10. The van der Waals surface area contributed by atoms with Gasteiger partial charge in [0.15, 0.2) is 5.65 Å². The summed E-state index contributed by atoms with van der Waals surface area (Å²) < 4.78 is 6.61. The Balaban J connectivity index is 1.81. The lowest BCUT2D eigenvalue weighted by atomic mass is 10.0. The van der Waals surface area contributed by atoms with Gasteiger partial charge in [-0.05, 0) is 37.2 Å². The van der Waals surface area contributed by atoms with E-state index >= 15 is 0 Å². The maximum Gasteiger partial charge on any atom is 0.339 e. The number of esters is 1. The summed E-state index contributed by atoms with van der Waals surface area (Å²) in [5.41, 5.74) is 1.03.